The minimum Gasteiger partial charge on any atom is -0.396 e. The number of benzene rings is 1. The summed E-state index contributed by atoms with van der Waals surface area (Å²) < 4.78 is 25.6. The lowest BCUT2D eigenvalue weighted by Crippen LogP contribution is -2.25. The zero-order chi connectivity index (χ0) is 15.3. The summed E-state index contributed by atoms with van der Waals surface area (Å²) in [5.41, 5.74) is 7.15. The summed E-state index contributed by atoms with van der Waals surface area (Å²) in [5.74, 6) is 0. The molecule has 0 radical (unpaired) electrons. The third-order valence-electron chi connectivity index (χ3n) is 3.31. The molecule has 0 atom stereocenters. The van der Waals surface area contributed by atoms with Crippen LogP contribution in [0.25, 0.3) is 0 Å². The van der Waals surface area contributed by atoms with Crippen molar-refractivity contribution in [3.8, 4) is 0 Å². The second kappa shape index (κ2) is 6.95. The van der Waals surface area contributed by atoms with Gasteiger partial charge in [-0.25, -0.2) is 12.7 Å². The van der Waals surface area contributed by atoms with Gasteiger partial charge in [0.05, 0.1) is 11.4 Å². The van der Waals surface area contributed by atoms with Crippen molar-refractivity contribution in [1.82, 2.24) is 4.31 Å². The molecule has 20 heavy (non-hydrogen) atoms. The molecule has 0 bridgehead atoms. The number of sulfonamides is 1. The molecule has 0 saturated heterocycles. The van der Waals surface area contributed by atoms with Crippen molar-refractivity contribution in [3.05, 3.63) is 18.2 Å². The number of para-hydroxylation sites is 1. The van der Waals surface area contributed by atoms with Gasteiger partial charge in [0.2, 0.25) is 10.0 Å². The molecule has 0 saturated carbocycles. The number of hydrogen-bond acceptors (Lipinski definition) is 4. The number of nitrogens with two attached hydrogens (primary N) is 1. The van der Waals surface area contributed by atoms with Gasteiger partial charge in [0, 0.05) is 27.7 Å². The van der Waals surface area contributed by atoms with E-state index >= 15 is 0 Å². The van der Waals surface area contributed by atoms with Crippen LogP contribution in [0, 0.1) is 0 Å². The highest BCUT2D eigenvalue weighted by molar-refractivity contribution is 7.89. The number of nitrogen functional groups attached to an aromatic ring is 1. The van der Waals surface area contributed by atoms with Crippen LogP contribution in [0.1, 0.15) is 26.2 Å². The van der Waals surface area contributed by atoms with Gasteiger partial charge in [0.15, 0.2) is 0 Å². The van der Waals surface area contributed by atoms with Crippen LogP contribution in [0.2, 0.25) is 0 Å². The van der Waals surface area contributed by atoms with Crippen molar-refractivity contribution in [1.29, 1.82) is 0 Å². The zero-order valence-corrected chi connectivity index (χ0v) is 13.6. The van der Waals surface area contributed by atoms with Gasteiger partial charge in [-0.1, -0.05) is 25.8 Å². The van der Waals surface area contributed by atoms with Crippen molar-refractivity contribution in [3.63, 3.8) is 0 Å². The molecule has 1 rings (SSSR count). The summed E-state index contributed by atoms with van der Waals surface area (Å²) in [6.07, 6.45) is 3.37. The Morgan fingerprint density at radius 2 is 1.80 bits per heavy atom. The molecule has 0 spiro atoms. The number of nitrogens with zero attached hydrogens (tertiary/aromatic N) is 2. The average Bonchev–Trinajstić information content (AvgIpc) is 2.38. The first kappa shape index (κ1) is 16.8. The molecule has 0 heterocycles. The molecule has 0 fully saturated rings. The highest BCUT2D eigenvalue weighted by Gasteiger charge is 2.22. The molecule has 5 nitrogen and oxygen atoms in total. The maximum atomic E-state index is 12.2. The minimum absolute atomic E-state index is 0.169. The van der Waals surface area contributed by atoms with Gasteiger partial charge >= 0.3 is 0 Å². The van der Waals surface area contributed by atoms with E-state index in [1.54, 1.807) is 12.1 Å². The average molecular weight is 299 g/mol. The molecule has 2 N–H and O–H groups in total. The Balaban J connectivity index is 3.07. The summed E-state index contributed by atoms with van der Waals surface area (Å²) in [6, 6.07) is 5.14. The molecular weight excluding hydrogens is 274 g/mol. The predicted molar refractivity (Wildman–Crippen MR) is 84.5 cm³/mol. The summed E-state index contributed by atoms with van der Waals surface area (Å²) >= 11 is 0. The van der Waals surface area contributed by atoms with Crippen LogP contribution >= 0.6 is 0 Å². The van der Waals surface area contributed by atoms with Gasteiger partial charge in [-0.3, -0.25) is 0 Å². The van der Waals surface area contributed by atoms with Crippen molar-refractivity contribution in [2.24, 2.45) is 0 Å². The van der Waals surface area contributed by atoms with E-state index in [0.29, 0.717) is 5.69 Å². The molecule has 0 aliphatic heterocycles. The Bertz CT molecular complexity index is 541. The van der Waals surface area contributed by atoms with Gasteiger partial charge in [-0.2, -0.15) is 0 Å². The van der Waals surface area contributed by atoms with Gasteiger partial charge in [0.25, 0.3) is 0 Å². The van der Waals surface area contributed by atoms with E-state index in [2.05, 4.69) is 6.92 Å². The second-order valence-corrected chi connectivity index (χ2v) is 7.23. The standard InChI is InChI=1S/C14H25N3O2S/c1-5-6-7-11-17(4)12-9-8-10-13(14(12)15)20(18,19)16(2)3/h8-10H,5-7,11,15H2,1-4H3. The van der Waals surface area contributed by atoms with E-state index < -0.39 is 10.0 Å². The molecule has 0 aliphatic carbocycles. The molecule has 6 heteroatoms. The highest BCUT2D eigenvalue weighted by Crippen LogP contribution is 2.30. The molecule has 1 aromatic rings. The van der Waals surface area contributed by atoms with E-state index in [4.69, 9.17) is 5.73 Å². The molecule has 1 aromatic carbocycles. The second-order valence-electron chi connectivity index (χ2n) is 5.11. The van der Waals surface area contributed by atoms with Gasteiger partial charge in [-0.05, 0) is 18.6 Å². The molecule has 0 unspecified atom stereocenters. The number of rotatable bonds is 7. The first-order chi connectivity index (χ1) is 9.32. The van der Waals surface area contributed by atoms with Gasteiger partial charge < -0.3 is 10.6 Å². The van der Waals surface area contributed by atoms with Gasteiger partial charge in [-0.15, -0.1) is 0 Å². The summed E-state index contributed by atoms with van der Waals surface area (Å²) in [7, 11) is 1.44. The lowest BCUT2D eigenvalue weighted by atomic mass is 10.2. The van der Waals surface area contributed by atoms with Crippen molar-refractivity contribution in [2.75, 3.05) is 38.3 Å². The zero-order valence-electron chi connectivity index (χ0n) is 12.8. The normalized spacial score (nSPS) is 11.8. The molecule has 0 amide bonds. The SMILES string of the molecule is CCCCCN(C)c1cccc(S(=O)(=O)N(C)C)c1N. The predicted octanol–water partition coefficient (Wildman–Crippen LogP) is 2.15. The third-order valence-corrected chi connectivity index (χ3v) is 5.18. The molecule has 0 aliphatic rings. The number of unbranched alkanes of at least 4 members (excludes halogenated alkanes) is 2. The molecule has 114 valence electrons. The first-order valence-corrected chi connectivity index (χ1v) is 8.28. The van der Waals surface area contributed by atoms with E-state index in [1.165, 1.54) is 18.4 Å². The molecule has 0 aromatic heterocycles. The Labute approximate surface area is 122 Å². The quantitative estimate of drug-likeness (QED) is 0.619. The third kappa shape index (κ3) is 3.64. The Hall–Kier alpha value is -1.27. The van der Waals surface area contributed by atoms with Crippen LogP contribution in [0.15, 0.2) is 23.1 Å². The van der Waals surface area contributed by atoms with Crippen LogP contribution in [0.3, 0.4) is 0 Å². The van der Waals surface area contributed by atoms with Crippen LogP contribution in [0.4, 0.5) is 11.4 Å². The summed E-state index contributed by atoms with van der Waals surface area (Å²) in [5, 5.41) is 0. The summed E-state index contributed by atoms with van der Waals surface area (Å²) in [4.78, 5) is 2.18. The van der Waals surface area contributed by atoms with Crippen LogP contribution in [-0.4, -0.2) is 40.4 Å². The maximum Gasteiger partial charge on any atom is 0.244 e. The van der Waals surface area contributed by atoms with E-state index in [1.807, 2.05) is 18.0 Å². The monoisotopic (exact) mass is 299 g/mol. The fourth-order valence-corrected chi connectivity index (χ4v) is 3.03. The van der Waals surface area contributed by atoms with E-state index in [9.17, 15) is 8.42 Å². The Morgan fingerprint density at radius 3 is 2.35 bits per heavy atom. The van der Waals surface area contributed by atoms with E-state index in [0.717, 1.165) is 31.5 Å². The fourth-order valence-electron chi connectivity index (χ4n) is 2.01. The maximum absolute atomic E-state index is 12.2. The highest BCUT2D eigenvalue weighted by atomic mass is 32.2. The number of hydrogen-bond donors (Lipinski definition) is 1. The van der Waals surface area contributed by atoms with Gasteiger partial charge in [0.1, 0.15) is 4.90 Å². The smallest absolute Gasteiger partial charge is 0.244 e. The summed E-state index contributed by atoms with van der Waals surface area (Å²) in [6.45, 7) is 3.02. The lowest BCUT2D eigenvalue weighted by Gasteiger charge is -2.23. The first-order valence-electron chi connectivity index (χ1n) is 6.84. The van der Waals surface area contributed by atoms with Crippen molar-refractivity contribution >= 4 is 21.4 Å². The Kier molecular flexibility index (Phi) is 5.83. The van der Waals surface area contributed by atoms with Crippen LogP contribution in [-0.2, 0) is 10.0 Å². The molecular formula is C14H25N3O2S. The van der Waals surface area contributed by atoms with Crippen LogP contribution in [0.5, 0.6) is 0 Å². The topological polar surface area (TPSA) is 66.6 Å². The minimum atomic E-state index is -3.51. The van der Waals surface area contributed by atoms with Crippen LogP contribution < -0.4 is 10.6 Å². The number of anilines is 2. The fraction of sp³-hybridized carbons (Fsp3) is 0.571. The largest absolute Gasteiger partial charge is 0.396 e. The van der Waals surface area contributed by atoms with Crippen molar-refractivity contribution in [2.45, 2.75) is 31.1 Å². The van der Waals surface area contributed by atoms with E-state index in [-0.39, 0.29) is 4.90 Å². The van der Waals surface area contributed by atoms with Crippen molar-refractivity contribution < 1.29 is 8.42 Å². The Morgan fingerprint density at radius 1 is 1.15 bits per heavy atom. The lowest BCUT2D eigenvalue weighted by molar-refractivity contribution is 0.521.